The quantitative estimate of drug-likeness (QED) is 0.821. The normalized spacial score (nSPS) is 12.5. The monoisotopic (exact) mass is 229 g/mol. The molecule has 1 heterocycles. The Morgan fingerprint density at radius 2 is 2.12 bits per heavy atom. The minimum Gasteiger partial charge on any atom is -0.308 e. The molecule has 1 atom stereocenters. The number of aromatic nitrogens is 3. The highest BCUT2D eigenvalue weighted by atomic mass is 15.3. The van der Waals surface area contributed by atoms with Crippen LogP contribution >= 0.6 is 0 Å². The van der Waals surface area contributed by atoms with E-state index >= 15 is 0 Å². The molecule has 0 saturated heterocycles. The summed E-state index contributed by atoms with van der Waals surface area (Å²) in [6.45, 7) is 5.53. The van der Waals surface area contributed by atoms with Crippen molar-refractivity contribution in [2.45, 2.75) is 19.0 Å². The van der Waals surface area contributed by atoms with Gasteiger partial charge >= 0.3 is 0 Å². The van der Waals surface area contributed by atoms with Gasteiger partial charge in [-0.3, -0.25) is 4.68 Å². The molecule has 1 N–H and O–H groups in total. The molecule has 0 aliphatic rings. The fourth-order valence-electron chi connectivity index (χ4n) is 1.76. The van der Waals surface area contributed by atoms with Gasteiger partial charge in [-0.05, 0) is 18.5 Å². The first-order valence-electron chi connectivity index (χ1n) is 5.80. The van der Waals surface area contributed by atoms with E-state index < -0.39 is 0 Å². The molecular formula is C13H17N4. The van der Waals surface area contributed by atoms with E-state index in [4.69, 9.17) is 0 Å². The van der Waals surface area contributed by atoms with Gasteiger partial charge in [0.15, 0.2) is 0 Å². The maximum atomic E-state index is 4.14. The summed E-state index contributed by atoms with van der Waals surface area (Å²) in [5, 5.41) is 7.61. The molecule has 0 bridgehead atoms. The van der Waals surface area contributed by atoms with Crippen molar-refractivity contribution in [3.05, 3.63) is 55.5 Å². The van der Waals surface area contributed by atoms with E-state index in [9.17, 15) is 0 Å². The number of hydrogen-bond donors (Lipinski definition) is 1. The second-order valence-corrected chi connectivity index (χ2v) is 3.89. The Kier molecular flexibility index (Phi) is 4.27. The zero-order chi connectivity index (χ0) is 11.9. The second kappa shape index (κ2) is 6.15. The number of benzene rings is 1. The maximum absolute atomic E-state index is 4.14. The highest BCUT2D eigenvalue weighted by Crippen LogP contribution is 2.14. The molecule has 1 aromatic carbocycles. The molecule has 0 spiro atoms. The Bertz CT molecular complexity index is 410. The zero-order valence-electron chi connectivity index (χ0n) is 9.79. The van der Waals surface area contributed by atoms with E-state index in [-0.39, 0.29) is 6.04 Å². The van der Waals surface area contributed by atoms with Crippen LogP contribution in [0.15, 0.2) is 43.0 Å². The lowest BCUT2D eigenvalue weighted by molar-refractivity contribution is 0.441. The first kappa shape index (κ1) is 11.8. The fourth-order valence-corrected chi connectivity index (χ4v) is 1.76. The molecule has 4 nitrogen and oxygen atoms in total. The molecule has 1 aromatic heterocycles. The standard InChI is InChI=1S/C13H17N4/c1-2-8-15-13(9-17-11-14-10-16-17)12-6-4-3-5-7-12/h3-7,10-11,13,15H,1-2,8-9H2/t13-/m1/s1. The smallest absolute Gasteiger partial charge is 0.137 e. The fraction of sp³-hybridized carbons (Fsp3) is 0.308. The molecule has 0 aliphatic heterocycles. The predicted molar refractivity (Wildman–Crippen MR) is 67.2 cm³/mol. The number of rotatable bonds is 6. The van der Waals surface area contributed by atoms with Gasteiger partial charge in [0.25, 0.3) is 0 Å². The highest BCUT2D eigenvalue weighted by Gasteiger charge is 2.10. The molecular weight excluding hydrogens is 212 g/mol. The molecule has 0 unspecified atom stereocenters. The van der Waals surface area contributed by atoms with Crippen LogP contribution in [0.4, 0.5) is 0 Å². The van der Waals surface area contributed by atoms with Crippen LogP contribution in [0.3, 0.4) is 0 Å². The van der Waals surface area contributed by atoms with Gasteiger partial charge in [0, 0.05) is 0 Å². The topological polar surface area (TPSA) is 42.7 Å². The van der Waals surface area contributed by atoms with Crippen molar-refractivity contribution in [1.29, 1.82) is 0 Å². The lowest BCUT2D eigenvalue weighted by atomic mass is 10.1. The maximum Gasteiger partial charge on any atom is 0.137 e. The highest BCUT2D eigenvalue weighted by molar-refractivity contribution is 5.18. The van der Waals surface area contributed by atoms with E-state index in [0.29, 0.717) is 0 Å². The minimum atomic E-state index is 0.250. The van der Waals surface area contributed by atoms with Crippen LogP contribution in [0.1, 0.15) is 18.0 Å². The molecule has 4 heteroatoms. The second-order valence-electron chi connectivity index (χ2n) is 3.89. The molecule has 0 fully saturated rings. The first-order chi connectivity index (χ1) is 8.40. The van der Waals surface area contributed by atoms with Crippen molar-refractivity contribution in [2.75, 3.05) is 6.54 Å². The number of nitrogens with one attached hydrogen (secondary N) is 1. The van der Waals surface area contributed by atoms with E-state index in [1.807, 2.05) is 10.7 Å². The molecule has 89 valence electrons. The van der Waals surface area contributed by atoms with E-state index in [0.717, 1.165) is 19.5 Å². The van der Waals surface area contributed by atoms with Crippen LogP contribution in [-0.2, 0) is 6.54 Å². The summed E-state index contributed by atoms with van der Waals surface area (Å²) in [5.74, 6) is 0. The number of hydrogen-bond acceptors (Lipinski definition) is 3. The third kappa shape index (κ3) is 3.39. The van der Waals surface area contributed by atoms with Gasteiger partial charge in [0.1, 0.15) is 12.7 Å². The molecule has 0 aliphatic carbocycles. The van der Waals surface area contributed by atoms with Crippen LogP contribution in [0.5, 0.6) is 0 Å². The number of nitrogens with zero attached hydrogens (tertiary/aromatic N) is 3. The van der Waals surface area contributed by atoms with Crippen molar-refractivity contribution < 1.29 is 0 Å². The molecule has 2 aromatic rings. The van der Waals surface area contributed by atoms with Crippen molar-refractivity contribution in [3.8, 4) is 0 Å². The SMILES string of the molecule is [CH2]CCN[C@H](Cn1cncn1)c1ccccc1. The first-order valence-corrected chi connectivity index (χ1v) is 5.80. The summed E-state index contributed by atoms with van der Waals surface area (Å²) < 4.78 is 1.84. The summed E-state index contributed by atoms with van der Waals surface area (Å²) in [4.78, 5) is 3.96. The molecule has 1 radical (unpaired) electrons. The summed E-state index contributed by atoms with van der Waals surface area (Å²) in [6, 6.07) is 10.6. The predicted octanol–water partition coefficient (Wildman–Crippen LogP) is 1.83. The van der Waals surface area contributed by atoms with Crippen LogP contribution in [0.2, 0.25) is 0 Å². The van der Waals surface area contributed by atoms with Crippen LogP contribution in [0, 0.1) is 6.92 Å². The average Bonchev–Trinajstić information content (AvgIpc) is 2.88. The van der Waals surface area contributed by atoms with E-state index in [1.165, 1.54) is 5.56 Å². The Balaban J connectivity index is 2.08. The van der Waals surface area contributed by atoms with Gasteiger partial charge in [-0.1, -0.05) is 37.3 Å². The van der Waals surface area contributed by atoms with E-state index in [2.05, 4.69) is 46.6 Å². The van der Waals surface area contributed by atoms with Gasteiger partial charge in [-0.2, -0.15) is 5.10 Å². The lowest BCUT2D eigenvalue weighted by Crippen LogP contribution is -2.26. The van der Waals surface area contributed by atoms with Crippen molar-refractivity contribution in [1.82, 2.24) is 20.1 Å². The van der Waals surface area contributed by atoms with Gasteiger partial charge in [0.05, 0.1) is 12.6 Å². The van der Waals surface area contributed by atoms with Crippen molar-refractivity contribution >= 4 is 0 Å². The molecule has 0 amide bonds. The Hall–Kier alpha value is -1.68. The summed E-state index contributed by atoms with van der Waals surface area (Å²) in [7, 11) is 0. The molecule has 2 rings (SSSR count). The summed E-state index contributed by atoms with van der Waals surface area (Å²) in [6.07, 6.45) is 4.17. The van der Waals surface area contributed by atoms with Crippen LogP contribution < -0.4 is 5.32 Å². The Morgan fingerprint density at radius 1 is 1.29 bits per heavy atom. The zero-order valence-corrected chi connectivity index (χ0v) is 9.79. The third-order valence-corrected chi connectivity index (χ3v) is 2.61. The van der Waals surface area contributed by atoms with Crippen molar-refractivity contribution in [2.24, 2.45) is 0 Å². The third-order valence-electron chi connectivity index (χ3n) is 2.61. The Labute approximate surface area is 102 Å². The lowest BCUT2D eigenvalue weighted by Gasteiger charge is -2.18. The summed E-state index contributed by atoms with van der Waals surface area (Å²) in [5.41, 5.74) is 1.26. The van der Waals surface area contributed by atoms with E-state index in [1.54, 1.807) is 12.7 Å². The van der Waals surface area contributed by atoms with Gasteiger partial charge in [-0.15, -0.1) is 0 Å². The summed E-state index contributed by atoms with van der Waals surface area (Å²) >= 11 is 0. The van der Waals surface area contributed by atoms with Gasteiger partial charge in [0.2, 0.25) is 0 Å². The van der Waals surface area contributed by atoms with Gasteiger partial charge < -0.3 is 5.32 Å². The van der Waals surface area contributed by atoms with Crippen molar-refractivity contribution in [3.63, 3.8) is 0 Å². The molecule has 0 saturated carbocycles. The average molecular weight is 229 g/mol. The molecule has 17 heavy (non-hydrogen) atoms. The minimum absolute atomic E-state index is 0.250. The Morgan fingerprint density at radius 3 is 2.76 bits per heavy atom. The van der Waals surface area contributed by atoms with Gasteiger partial charge in [-0.25, -0.2) is 4.98 Å². The van der Waals surface area contributed by atoms with Crippen LogP contribution in [-0.4, -0.2) is 21.3 Å². The van der Waals surface area contributed by atoms with Crippen LogP contribution in [0.25, 0.3) is 0 Å². The largest absolute Gasteiger partial charge is 0.308 e.